The molecule has 0 aromatic heterocycles. The van der Waals surface area contributed by atoms with Crippen molar-refractivity contribution in [2.45, 2.75) is 55.4 Å². The van der Waals surface area contributed by atoms with Gasteiger partial charge < -0.3 is 0 Å². The van der Waals surface area contributed by atoms with Crippen molar-refractivity contribution >= 4 is 28.6 Å². The van der Waals surface area contributed by atoms with Crippen LogP contribution in [-0.4, -0.2) is 9.70 Å². The third-order valence-corrected chi connectivity index (χ3v) is 5.05. The predicted octanol–water partition coefficient (Wildman–Crippen LogP) is 5.36. The maximum atomic E-state index is 11.3. The lowest BCUT2D eigenvalue weighted by Crippen LogP contribution is -2.00. The molecule has 20 heavy (non-hydrogen) atoms. The Morgan fingerprint density at radius 2 is 1.95 bits per heavy atom. The smallest absolute Gasteiger partial charge is 0.186 e. The number of unbranched alkanes of at least 4 members (excludes halogenated alkanes) is 2. The van der Waals surface area contributed by atoms with Crippen LogP contribution in [0.3, 0.4) is 0 Å². The topological polar surface area (TPSA) is 17.1 Å². The van der Waals surface area contributed by atoms with E-state index in [0.717, 1.165) is 32.1 Å². The van der Waals surface area contributed by atoms with Crippen LogP contribution in [0.2, 0.25) is 0 Å². The second kappa shape index (κ2) is 10.9. The van der Waals surface area contributed by atoms with E-state index in [9.17, 15) is 4.79 Å². The number of benzene rings is 1. The lowest BCUT2D eigenvalue weighted by Gasteiger charge is -2.14. The van der Waals surface area contributed by atoms with Crippen LogP contribution in [-0.2, 0) is 4.79 Å². The van der Waals surface area contributed by atoms with Crippen LogP contribution in [0.4, 0.5) is 0 Å². The second-order valence-corrected chi connectivity index (χ2v) is 7.38. The van der Waals surface area contributed by atoms with E-state index in [1.54, 1.807) is 18.7 Å². The summed E-state index contributed by atoms with van der Waals surface area (Å²) in [7, 11) is 0. The molecule has 0 aliphatic rings. The van der Waals surface area contributed by atoms with Crippen molar-refractivity contribution < 1.29 is 4.79 Å². The Kier molecular flexibility index (Phi) is 9.36. The summed E-state index contributed by atoms with van der Waals surface area (Å²) >= 11 is 3.24. The lowest BCUT2D eigenvalue weighted by atomic mass is 10.2. The van der Waals surface area contributed by atoms with Crippen molar-refractivity contribution in [3.63, 3.8) is 0 Å². The van der Waals surface area contributed by atoms with Gasteiger partial charge in [0, 0.05) is 24.7 Å². The normalized spacial score (nSPS) is 11.5. The van der Waals surface area contributed by atoms with Gasteiger partial charge in [0.15, 0.2) is 5.12 Å². The summed E-state index contributed by atoms with van der Waals surface area (Å²) in [5.74, 6) is 6.26. The Labute approximate surface area is 131 Å². The van der Waals surface area contributed by atoms with Crippen LogP contribution in [0, 0.1) is 11.8 Å². The van der Waals surface area contributed by atoms with E-state index < -0.39 is 0 Å². The minimum absolute atomic E-state index is 0.198. The fourth-order valence-corrected chi connectivity index (χ4v) is 4.21. The Balaban J connectivity index is 2.38. The zero-order valence-electron chi connectivity index (χ0n) is 12.2. The molecule has 1 aromatic carbocycles. The minimum atomic E-state index is 0.198. The van der Waals surface area contributed by atoms with Gasteiger partial charge in [0.25, 0.3) is 0 Å². The average Bonchev–Trinajstić information content (AvgIpc) is 2.43. The maximum absolute atomic E-state index is 11.3. The van der Waals surface area contributed by atoms with E-state index in [1.807, 2.05) is 18.2 Å². The summed E-state index contributed by atoms with van der Waals surface area (Å²) in [4.78, 5) is 12.6. The van der Waals surface area contributed by atoms with Gasteiger partial charge in [0.2, 0.25) is 0 Å². The van der Waals surface area contributed by atoms with Crippen LogP contribution in [0.1, 0.15) is 46.0 Å². The monoisotopic (exact) mass is 306 g/mol. The van der Waals surface area contributed by atoms with Gasteiger partial charge in [-0.05, 0) is 25.0 Å². The van der Waals surface area contributed by atoms with Crippen molar-refractivity contribution in [3.8, 4) is 11.8 Å². The van der Waals surface area contributed by atoms with Crippen molar-refractivity contribution in [2.75, 3.05) is 0 Å². The van der Waals surface area contributed by atoms with Crippen LogP contribution in [0.25, 0.3) is 0 Å². The number of hydrogen-bond donors (Lipinski definition) is 0. The van der Waals surface area contributed by atoms with Gasteiger partial charge in [-0.2, -0.15) is 0 Å². The summed E-state index contributed by atoms with van der Waals surface area (Å²) in [6.45, 7) is 3.72. The first-order valence-corrected chi connectivity index (χ1v) is 8.83. The molecule has 0 radical (unpaired) electrons. The quantitative estimate of drug-likeness (QED) is 0.292. The first-order valence-electron chi connectivity index (χ1n) is 7.07. The van der Waals surface area contributed by atoms with E-state index in [1.165, 1.54) is 16.7 Å². The van der Waals surface area contributed by atoms with E-state index >= 15 is 0 Å². The van der Waals surface area contributed by atoms with Crippen molar-refractivity contribution in [1.29, 1.82) is 0 Å². The summed E-state index contributed by atoms with van der Waals surface area (Å²) < 4.78 is 0.314. The molecule has 3 heteroatoms. The number of thioether (sulfide) groups is 2. The Bertz CT molecular complexity index is 445. The van der Waals surface area contributed by atoms with Crippen molar-refractivity contribution in [2.24, 2.45) is 0 Å². The third kappa shape index (κ3) is 8.35. The van der Waals surface area contributed by atoms with Crippen molar-refractivity contribution in [3.05, 3.63) is 30.3 Å². The molecular weight excluding hydrogens is 284 g/mol. The van der Waals surface area contributed by atoms with Crippen LogP contribution < -0.4 is 0 Å². The fraction of sp³-hybridized carbons (Fsp3) is 0.471. The molecule has 1 atom stereocenters. The van der Waals surface area contributed by atoms with E-state index in [4.69, 9.17) is 0 Å². The molecule has 1 rings (SSSR count). The summed E-state index contributed by atoms with van der Waals surface area (Å²) in [6.07, 6.45) is 5.21. The molecule has 0 N–H and O–H groups in total. The SMILES string of the molecule is CCC#CCCCCC(SC(C)=O)Sc1ccccc1. The number of carbonyl (C=O) groups is 1. The van der Waals surface area contributed by atoms with Gasteiger partial charge in [-0.3, -0.25) is 4.79 Å². The van der Waals surface area contributed by atoms with Crippen LogP contribution in [0.5, 0.6) is 0 Å². The molecule has 1 aromatic rings. The summed E-state index contributed by atoms with van der Waals surface area (Å²) in [5.41, 5.74) is 0. The van der Waals surface area contributed by atoms with Gasteiger partial charge in [0.1, 0.15) is 0 Å². The van der Waals surface area contributed by atoms with Crippen LogP contribution >= 0.6 is 23.5 Å². The van der Waals surface area contributed by atoms with Gasteiger partial charge in [0.05, 0.1) is 4.58 Å². The molecule has 1 nitrogen and oxygen atoms in total. The van der Waals surface area contributed by atoms with Gasteiger partial charge in [-0.25, -0.2) is 0 Å². The van der Waals surface area contributed by atoms with Crippen LogP contribution in [0.15, 0.2) is 35.2 Å². The Morgan fingerprint density at radius 1 is 1.20 bits per heavy atom. The first-order chi connectivity index (χ1) is 9.72. The minimum Gasteiger partial charge on any atom is -0.288 e. The highest BCUT2D eigenvalue weighted by atomic mass is 32.2. The highest BCUT2D eigenvalue weighted by Crippen LogP contribution is 2.34. The lowest BCUT2D eigenvalue weighted by molar-refractivity contribution is -0.109. The molecule has 0 amide bonds. The fourth-order valence-electron chi connectivity index (χ4n) is 1.72. The summed E-state index contributed by atoms with van der Waals surface area (Å²) in [6, 6.07) is 10.3. The highest BCUT2D eigenvalue weighted by Gasteiger charge is 2.13. The molecular formula is C17H22OS2. The van der Waals surface area contributed by atoms with Gasteiger partial charge in [-0.15, -0.1) is 23.6 Å². The molecule has 0 saturated carbocycles. The molecule has 0 heterocycles. The molecule has 1 unspecified atom stereocenters. The molecule has 0 bridgehead atoms. The molecule has 0 spiro atoms. The largest absolute Gasteiger partial charge is 0.288 e. The zero-order valence-corrected chi connectivity index (χ0v) is 13.9. The zero-order chi connectivity index (χ0) is 14.6. The van der Waals surface area contributed by atoms with E-state index in [0.29, 0.717) is 4.58 Å². The Morgan fingerprint density at radius 3 is 2.60 bits per heavy atom. The summed E-state index contributed by atoms with van der Waals surface area (Å²) in [5, 5.41) is 0.198. The van der Waals surface area contributed by atoms with Gasteiger partial charge in [-0.1, -0.05) is 43.3 Å². The number of hydrogen-bond acceptors (Lipinski definition) is 3. The average molecular weight is 306 g/mol. The molecule has 108 valence electrons. The van der Waals surface area contributed by atoms with Crippen molar-refractivity contribution in [1.82, 2.24) is 0 Å². The number of rotatable bonds is 7. The second-order valence-electron chi connectivity index (χ2n) is 4.42. The predicted molar refractivity (Wildman–Crippen MR) is 90.9 cm³/mol. The Hall–Kier alpha value is -0.850. The van der Waals surface area contributed by atoms with E-state index in [2.05, 4.69) is 30.9 Å². The van der Waals surface area contributed by atoms with Gasteiger partial charge >= 0.3 is 0 Å². The maximum Gasteiger partial charge on any atom is 0.186 e. The third-order valence-electron chi connectivity index (χ3n) is 2.60. The highest BCUT2D eigenvalue weighted by molar-refractivity contribution is 8.24. The molecule has 0 saturated heterocycles. The molecule has 0 aliphatic carbocycles. The van der Waals surface area contributed by atoms with E-state index in [-0.39, 0.29) is 5.12 Å². The number of carbonyl (C=O) groups excluding carboxylic acids is 1. The molecule has 0 aliphatic heterocycles. The standard InChI is InChI=1S/C17H22OS2/c1-3-4-5-6-7-11-14-17(19-15(2)18)20-16-12-9-8-10-13-16/h8-10,12-13,17H,3,6-7,11,14H2,1-2H3. The first kappa shape index (κ1) is 17.2. The molecule has 0 fully saturated rings.